The van der Waals surface area contributed by atoms with E-state index in [0.29, 0.717) is 16.0 Å². The van der Waals surface area contributed by atoms with Gasteiger partial charge in [0, 0.05) is 16.9 Å². The zero-order valence-electron chi connectivity index (χ0n) is 9.64. The Bertz CT molecular complexity index is 442. The van der Waals surface area contributed by atoms with Gasteiger partial charge in [-0.3, -0.25) is 4.79 Å². The minimum atomic E-state index is -1.55. The van der Waals surface area contributed by atoms with Gasteiger partial charge in [0.15, 0.2) is 6.10 Å². The van der Waals surface area contributed by atoms with Gasteiger partial charge < -0.3 is 10.2 Å². The number of Topliss-reactive ketones (excluding diaryl/α,β-unsaturated/α-hetero) is 1. The van der Waals surface area contributed by atoms with Crippen LogP contribution in [0, 0.1) is 0 Å². The van der Waals surface area contributed by atoms with Gasteiger partial charge >= 0.3 is 5.97 Å². The van der Waals surface area contributed by atoms with Crippen molar-refractivity contribution in [1.82, 2.24) is 0 Å². The first-order valence-corrected chi connectivity index (χ1v) is 6.25. The van der Waals surface area contributed by atoms with Gasteiger partial charge in [0.2, 0.25) is 0 Å². The Morgan fingerprint density at radius 1 is 1.41 bits per heavy atom. The monoisotopic (exact) mass is 254 g/mol. The zero-order chi connectivity index (χ0) is 13.0. The lowest BCUT2D eigenvalue weighted by molar-refractivity contribution is -0.147. The average molecular weight is 254 g/mol. The Morgan fingerprint density at radius 3 is 2.53 bits per heavy atom. The summed E-state index contributed by atoms with van der Waals surface area (Å²) in [5.41, 5.74) is 1.05. The fourth-order valence-electron chi connectivity index (χ4n) is 1.53. The van der Waals surface area contributed by atoms with Crippen LogP contribution in [0.25, 0.3) is 0 Å². The number of benzene rings is 1. The smallest absolute Gasteiger partial charge is 0.337 e. The molecule has 0 spiro atoms. The number of carboxylic acid groups (broad SMARTS) is 1. The Labute approximate surface area is 104 Å². The summed E-state index contributed by atoms with van der Waals surface area (Å²) in [6.07, 6.45) is 0.496. The third-order valence-corrected chi connectivity index (χ3v) is 3.09. The lowest BCUT2D eigenvalue weighted by atomic mass is 10.0. The van der Waals surface area contributed by atoms with Crippen LogP contribution in [0.5, 0.6) is 0 Å². The van der Waals surface area contributed by atoms with Crippen LogP contribution in [0.1, 0.15) is 24.2 Å². The van der Waals surface area contributed by atoms with Crippen molar-refractivity contribution >= 4 is 23.5 Å². The normalized spacial score (nSPS) is 12.2. The van der Waals surface area contributed by atoms with Gasteiger partial charge in [0.25, 0.3) is 0 Å². The van der Waals surface area contributed by atoms with Crippen LogP contribution in [0.2, 0.25) is 0 Å². The van der Waals surface area contributed by atoms with Crippen LogP contribution in [0.15, 0.2) is 23.1 Å². The second-order valence-corrected chi connectivity index (χ2v) is 4.54. The molecule has 0 aromatic heterocycles. The van der Waals surface area contributed by atoms with Crippen LogP contribution in [-0.4, -0.2) is 28.2 Å². The van der Waals surface area contributed by atoms with E-state index in [-0.39, 0.29) is 12.2 Å². The third-order valence-electron chi connectivity index (χ3n) is 2.28. The number of aliphatic carboxylic acids is 1. The highest BCUT2D eigenvalue weighted by molar-refractivity contribution is 7.98. The highest BCUT2D eigenvalue weighted by atomic mass is 32.2. The summed E-state index contributed by atoms with van der Waals surface area (Å²) < 4.78 is 0. The fourth-order valence-corrected chi connectivity index (χ4v) is 2.14. The second kappa shape index (κ2) is 5.84. The van der Waals surface area contributed by atoms with Crippen LogP contribution in [0.4, 0.5) is 0 Å². The van der Waals surface area contributed by atoms with Crippen LogP contribution in [0.3, 0.4) is 0 Å². The van der Waals surface area contributed by atoms with Crippen molar-refractivity contribution in [1.29, 1.82) is 0 Å². The fraction of sp³-hybridized carbons (Fsp3) is 0.333. The summed E-state index contributed by atoms with van der Waals surface area (Å²) >= 11 is 1.36. The van der Waals surface area contributed by atoms with E-state index in [9.17, 15) is 14.7 Å². The highest BCUT2D eigenvalue weighted by Crippen LogP contribution is 2.27. The van der Waals surface area contributed by atoms with Gasteiger partial charge in [-0.2, -0.15) is 0 Å². The molecule has 1 aromatic rings. The molecule has 1 atom stereocenters. The minimum Gasteiger partial charge on any atom is -0.479 e. The van der Waals surface area contributed by atoms with Gasteiger partial charge in [0.1, 0.15) is 5.78 Å². The number of carbonyl (C=O) groups is 2. The van der Waals surface area contributed by atoms with Crippen LogP contribution < -0.4 is 0 Å². The van der Waals surface area contributed by atoms with Gasteiger partial charge in [0.05, 0.1) is 0 Å². The van der Waals surface area contributed by atoms with E-state index in [0.717, 1.165) is 0 Å². The molecule has 17 heavy (non-hydrogen) atoms. The van der Waals surface area contributed by atoms with Crippen molar-refractivity contribution in [3.05, 3.63) is 29.3 Å². The molecule has 0 aliphatic rings. The summed E-state index contributed by atoms with van der Waals surface area (Å²) in [6.45, 7) is 1.47. The topological polar surface area (TPSA) is 74.6 Å². The zero-order valence-corrected chi connectivity index (χ0v) is 10.5. The molecule has 0 radical (unpaired) electrons. The number of rotatable bonds is 5. The summed E-state index contributed by atoms with van der Waals surface area (Å²) in [4.78, 5) is 22.5. The lowest BCUT2D eigenvalue weighted by Crippen LogP contribution is -2.12. The number of ketones is 1. The number of thioether (sulfide) groups is 1. The van der Waals surface area contributed by atoms with E-state index >= 15 is 0 Å². The van der Waals surface area contributed by atoms with E-state index in [1.165, 1.54) is 18.7 Å². The Kier molecular flexibility index (Phi) is 4.72. The molecule has 0 saturated carbocycles. The molecule has 0 fully saturated rings. The largest absolute Gasteiger partial charge is 0.479 e. The molecule has 0 aliphatic carbocycles. The quantitative estimate of drug-likeness (QED) is 0.782. The molecule has 0 amide bonds. The summed E-state index contributed by atoms with van der Waals surface area (Å²) in [6, 6.07) is 5.07. The predicted molar refractivity (Wildman–Crippen MR) is 65.2 cm³/mol. The standard InChI is InChI=1S/C12H14O4S/c1-7(13)5-8-3-4-10(17-2)9(6-8)11(14)12(15)16/h3-4,6,11,14H,5H2,1-2H3,(H,15,16). The first-order valence-electron chi connectivity index (χ1n) is 5.02. The van der Waals surface area contributed by atoms with Crippen molar-refractivity contribution in [3.63, 3.8) is 0 Å². The second-order valence-electron chi connectivity index (χ2n) is 3.70. The number of hydrogen-bond acceptors (Lipinski definition) is 4. The summed E-state index contributed by atoms with van der Waals surface area (Å²) in [5, 5.41) is 18.4. The molecule has 0 bridgehead atoms. The third kappa shape index (κ3) is 3.57. The maximum absolute atomic E-state index is 11.0. The molecule has 1 rings (SSSR count). The van der Waals surface area contributed by atoms with E-state index in [1.807, 2.05) is 0 Å². The molecule has 2 N–H and O–H groups in total. The number of aliphatic hydroxyl groups excluding tert-OH is 1. The van der Waals surface area contributed by atoms with Gasteiger partial charge in [-0.15, -0.1) is 11.8 Å². The molecular weight excluding hydrogens is 240 g/mol. The van der Waals surface area contributed by atoms with Crippen molar-refractivity contribution < 1.29 is 19.8 Å². The van der Waals surface area contributed by atoms with Crippen LogP contribution in [-0.2, 0) is 16.0 Å². The number of carbonyl (C=O) groups excluding carboxylic acids is 1. The Balaban J connectivity index is 3.14. The molecule has 5 heteroatoms. The van der Waals surface area contributed by atoms with Crippen LogP contribution >= 0.6 is 11.8 Å². The van der Waals surface area contributed by atoms with Crippen molar-refractivity contribution in [2.24, 2.45) is 0 Å². The molecule has 92 valence electrons. The van der Waals surface area contributed by atoms with E-state index < -0.39 is 12.1 Å². The number of carboxylic acids is 1. The van der Waals surface area contributed by atoms with Crippen molar-refractivity contribution in [3.8, 4) is 0 Å². The Hall–Kier alpha value is -1.33. The molecule has 0 heterocycles. The predicted octanol–water partition coefficient (Wildman–Crippen LogP) is 1.66. The number of hydrogen-bond donors (Lipinski definition) is 2. The number of aliphatic hydroxyl groups is 1. The highest BCUT2D eigenvalue weighted by Gasteiger charge is 2.19. The van der Waals surface area contributed by atoms with Crippen molar-refractivity contribution in [2.75, 3.05) is 6.26 Å². The summed E-state index contributed by atoms with van der Waals surface area (Å²) in [5.74, 6) is -1.29. The molecule has 0 saturated heterocycles. The lowest BCUT2D eigenvalue weighted by Gasteiger charge is -2.12. The van der Waals surface area contributed by atoms with E-state index in [4.69, 9.17) is 5.11 Å². The maximum Gasteiger partial charge on any atom is 0.337 e. The first kappa shape index (κ1) is 13.7. The maximum atomic E-state index is 11.0. The Morgan fingerprint density at radius 2 is 2.06 bits per heavy atom. The summed E-state index contributed by atoms with van der Waals surface area (Å²) in [7, 11) is 0. The average Bonchev–Trinajstić information content (AvgIpc) is 2.27. The van der Waals surface area contributed by atoms with Gasteiger partial charge in [-0.1, -0.05) is 12.1 Å². The molecule has 4 nitrogen and oxygen atoms in total. The molecule has 1 unspecified atom stereocenters. The SMILES string of the molecule is CSc1ccc(CC(C)=O)cc1C(O)C(=O)O. The molecular formula is C12H14O4S. The minimum absolute atomic E-state index is 0.00216. The van der Waals surface area contributed by atoms with E-state index in [2.05, 4.69) is 0 Å². The molecule has 1 aromatic carbocycles. The van der Waals surface area contributed by atoms with Gasteiger partial charge in [-0.25, -0.2) is 4.79 Å². The van der Waals surface area contributed by atoms with Crippen molar-refractivity contribution in [2.45, 2.75) is 24.3 Å². The van der Waals surface area contributed by atoms with E-state index in [1.54, 1.807) is 24.5 Å². The molecule has 0 aliphatic heterocycles. The first-order chi connectivity index (χ1) is 7.95. The van der Waals surface area contributed by atoms with Gasteiger partial charge in [-0.05, 0) is 24.8 Å².